The Morgan fingerprint density at radius 1 is 0.969 bits per heavy atom. The first-order valence-electron chi connectivity index (χ1n) is 11.4. The molecule has 0 saturated carbocycles. The molecule has 0 bridgehead atoms. The Labute approximate surface area is 188 Å². The summed E-state index contributed by atoms with van der Waals surface area (Å²) in [6.07, 6.45) is 0. The first kappa shape index (κ1) is 21.1. The van der Waals surface area contributed by atoms with Gasteiger partial charge in [0.25, 0.3) is 0 Å². The number of fused-ring (bicyclic) bond motifs is 1. The molecule has 2 aliphatic rings. The number of piperazine rings is 1. The highest BCUT2D eigenvalue weighted by Gasteiger charge is 2.23. The van der Waals surface area contributed by atoms with Crippen LogP contribution in [0.15, 0.2) is 24.3 Å². The molecule has 0 atom stereocenters. The maximum Gasteiger partial charge on any atom is 0.228 e. The fraction of sp³-hybridized carbons (Fsp3) is 0.522. The number of rotatable bonds is 5. The third-order valence-electron chi connectivity index (χ3n) is 6.51. The van der Waals surface area contributed by atoms with Gasteiger partial charge in [0.2, 0.25) is 5.95 Å². The van der Waals surface area contributed by atoms with Gasteiger partial charge in [0.05, 0.1) is 24.3 Å². The minimum Gasteiger partial charge on any atom is -0.383 e. The minimum atomic E-state index is 0.594. The Bertz CT molecular complexity index is 1080. The minimum absolute atomic E-state index is 0.594. The fourth-order valence-corrected chi connectivity index (χ4v) is 4.53. The molecular weight excluding hydrogens is 404 g/mol. The largest absolute Gasteiger partial charge is 0.383 e. The smallest absolute Gasteiger partial charge is 0.228 e. The zero-order valence-corrected chi connectivity index (χ0v) is 19.0. The third-order valence-corrected chi connectivity index (χ3v) is 6.51. The monoisotopic (exact) mass is 436 g/mol. The van der Waals surface area contributed by atoms with Crippen LogP contribution < -0.4 is 10.6 Å². The molecule has 1 aromatic carbocycles. The van der Waals surface area contributed by atoms with E-state index in [1.807, 2.05) is 7.05 Å². The molecule has 2 fully saturated rings. The van der Waals surface area contributed by atoms with Crippen molar-refractivity contribution in [1.82, 2.24) is 29.5 Å². The lowest BCUT2D eigenvalue weighted by Gasteiger charge is -2.36. The molecule has 9 nitrogen and oxygen atoms in total. The van der Waals surface area contributed by atoms with Gasteiger partial charge in [0.1, 0.15) is 5.82 Å². The average Bonchev–Trinajstić information content (AvgIpc) is 3.11. The number of benzene rings is 1. The number of nitrogen functional groups attached to an aromatic ring is 1. The number of aryl methyl sites for hydroxylation is 2. The van der Waals surface area contributed by atoms with E-state index in [2.05, 4.69) is 51.0 Å². The van der Waals surface area contributed by atoms with E-state index in [1.54, 1.807) is 4.68 Å². The SMILES string of the molecule is Cc1cccc(-c2nc(N3CCN(CCN4CCOCC4)CC3)nc3nn(C)c(N)c23)c1. The van der Waals surface area contributed by atoms with Crippen LogP contribution in [0.2, 0.25) is 0 Å². The number of nitrogens with zero attached hydrogens (tertiary/aromatic N) is 7. The highest BCUT2D eigenvalue weighted by atomic mass is 16.5. The van der Waals surface area contributed by atoms with E-state index in [1.165, 1.54) is 5.56 Å². The molecule has 0 unspecified atom stereocenters. The van der Waals surface area contributed by atoms with Gasteiger partial charge in [-0.05, 0) is 13.0 Å². The standard InChI is InChI=1S/C23H32N8O/c1-17-4-3-5-18(16-17)20-19-21(24)28(2)27-22(19)26-23(25-20)31-10-8-29(9-11-31)6-7-30-12-14-32-15-13-30/h3-5,16H,6-15,24H2,1-2H3. The number of ether oxygens (including phenoxy) is 1. The highest BCUT2D eigenvalue weighted by Crippen LogP contribution is 2.32. The van der Waals surface area contributed by atoms with Gasteiger partial charge >= 0.3 is 0 Å². The number of hydrogen-bond acceptors (Lipinski definition) is 8. The number of nitrogens with two attached hydrogens (primary N) is 1. The lowest BCUT2D eigenvalue weighted by atomic mass is 10.1. The Kier molecular flexibility index (Phi) is 5.95. The highest BCUT2D eigenvalue weighted by molar-refractivity contribution is 5.99. The van der Waals surface area contributed by atoms with Crippen LogP contribution in [0, 0.1) is 6.92 Å². The van der Waals surface area contributed by atoms with Crippen molar-refractivity contribution in [3.05, 3.63) is 29.8 Å². The summed E-state index contributed by atoms with van der Waals surface area (Å²) in [6, 6.07) is 8.36. The Morgan fingerprint density at radius 2 is 1.69 bits per heavy atom. The van der Waals surface area contributed by atoms with Gasteiger partial charge in [-0.3, -0.25) is 14.5 Å². The first-order valence-corrected chi connectivity index (χ1v) is 11.4. The zero-order chi connectivity index (χ0) is 22.1. The number of aromatic nitrogens is 4. The molecule has 0 spiro atoms. The van der Waals surface area contributed by atoms with Crippen molar-refractivity contribution in [2.24, 2.45) is 7.05 Å². The Morgan fingerprint density at radius 3 is 2.41 bits per heavy atom. The number of anilines is 2. The molecular formula is C23H32N8O. The number of hydrogen-bond donors (Lipinski definition) is 1. The van der Waals surface area contributed by atoms with E-state index >= 15 is 0 Å². The second-order valence-electron chi connectivity index (χ2n) is 8.73. The molecule has 2 aliphatic heterocycles. The van der Waals surface area contributed by atoms with Crippen LogP contribution in [0.3, 0.4) is 0 Å². The molecule has 2 aromatic heterocycles. The lowest BCUT2D eigenvalue weighted by molar-refractivity contribution is 0.0331. The maximum absolute atomic E-state index is 6.34. The molecule has 9 heteroatoms. The summed E-state index contributed by atoms with van der Waals surface area (Å²) in [4.78, 5) is 17.1. The van der Waals surface area contributed by atoms with Gasteiger partial charge in [0, 0.05) is 65.0 Å². The topological polar surface area (TPSA) is 88.6 Å². The maximum atomic E-state index is 6.34. The van der Waals surface area contributed by atoms with E-state index in [-0.39, 0.29) is 0 Å². The van der Waals surface area contributed by atoms with Crippen molar-refractivity contribution in [1.29, 1.82) is 0 Å². The van der Waals surface area contributed by atoms with Crippen LogP contribution >= 0.6 is 0 Å². The van der Waals surface area contributed by atoms with E-state index in [4.69, 9.17) is 20.4 Å². The van der Waals surface area contributed by atoms with Crippen molar-refractivity contribution in [2.45, 2.75) is 6.92 Å². The first-order chi connectivity index (χ1) is 15.6. The summed E-state index contributed by atoms with van der Waals surface area (Å²) in [6.45, 7) is 11.9. The fourth-order valence-electron chi connectivity index (χ4n) is 4.53. The van der Waals surface area contributed by atoms with Crippen LogP contribution in [0.25, 0.3) is 22.3 Å². The zero-order valence-electron chi connectivity index (χ0n) is 19.0. The molecule has 170 valence electrons. The Balaban J connectivity index is 1.34. The van der Waals surface area contributed by atoms with Crippen LogP contribution in [0.1, 0.15) is 5.56 Å². The molecule has 2 saturated heterocycles. The van der Waals surface area contributed by atoms with Gasteiger partial charge in [0.15, 0.2) is 5.65 Å². The molecule has 2 N–H and O–H groups in total. The average molecular weight is 437 g/mol. The normalized spacial score (nSPS) is 18.5. The van der Waals surface area contributed by atoms with Crippen molar-refractivity contribution in [3.8, 4) is 11.3 Å². The van der Waals surface area contributed by atoms with E-state index in [9.17, 15) is 0 Å². The molecule has 3 aromatic rings. The summed E-state index contributed by atoms with van der Waals surface area (Å²) in [5, 5.41) is 5.39. The van der Waals surface area contributed by atoms with Gasteiger partial charge in [-0.2, -0.15) is 10.1 Å². The number of morpholine rings is 1. The van der Waals surface area contributed by atoms with Crippen molar-refractivity contribution in [2.75, 3.05) is 76.2 Å². The van der Waals surface area contributed by atoms with Crippen LogP contribution in [-0.2, 0) is 11.8 Å². The summed E-state index contributed by atoms with van der Waals surface area (Å²) in [5.41, 5.74) is 10.1. The molecule has 32 heavy (non-hydrogen) atoms. The van der Waals surface area contributed by atoms with Crippen LogP contribution in [0.5, 0.6) is 0 Å². The van der Waals surface area contributed by atoms with E-state index < -0.39 is 0 Å². The van der Waals surface area contributed by atoms with Crippen LogP contribution in [0.4, 0.5) is 11.8 Å². The van der Waals surface area contributed by atoms with Gasteiger partial charge < -0.3 is 15.4 Å². The van der Waals surface area contributed by atoms with Crippen LogP contribution in [-0.4, -0.2) is 95.1 Å². The molecule has 4 heterocycles. The molecule has 5 rings (SSSR count). The van der Waals surface area contributed by atoms with Crippen molar-refractivity contribution >= 4 is 22.8 Å². The summed E-state index contributed by atoms with van der Waals surface area (Å²) >= 11 is 0. The summed E-state index contributed by atoms with van der Waals surface area (Å²) < 4.78 is 7.14. The Hall–Kier alpha value is -2.75. The molecule has 0 aliphatic carbocycles. The quantitative estimate of drug-likeness (QED) is 0.642. The molecule has 0 radical (unpaired) electrons. The van der Waals surface area contributed by atoms with Gasteiger partial charge in [-0.25, -0.2) is 4.98 Å². The molecule has 0 amide bonds. The summed E-state index contributed by atoms with van der Waals surface area (Å²) in [5.74, 6) is 1.33. The second-order valence-corrected chi connectivity index (χ2v) is 8.73. The predicted molar refractivity (Wildman–Crippen MR) is 127 cm³/mol. The van der Waals surface area contributed by atoms with Crippen molar-refractivity contribution < 1.29 is 4.74 Å². The van der Waals surface area contributed by atoms with Gasteiger partial charge in [-0.15, -0.1) is 0 Å². The summed E-state index contributed by atoms with van der Waals surface area (Å²) in [7, 11) is 1.85. The van der Waals surface area contributed by atoms with E-state index in [0.29, 0.717) is 11.5 Å². The third kappa shape index (κ3) is 4.28. The lowest BCUT2D eigenvalue weighted by Crippen LogP contribution is -2.49. The predicted octanol–water partition coefficient (Wildman–Crippen LogP) is 1.38. The second kappa shape index (κ2) is 9.01. The van der Waals surface area contributed by atoms with Crippen molar-refractivity contribution in [3.63, 3.8) is 0 Å². The van der Waals surface area contributed by atoms with E-state index in [0.717, 1.165) is 88.2 Å². The van der Waals surface area contributed by atoms with Gasteiger partial charge in [-0.1, -0.05) is 23.8 Å².